The van der Waals surface area contributed by atoms with Crippen molar-refractivity contribution >= 4 is 5.97 Å². The van der Waals surface area contributed by atoms with E-state index in [1.165, 1.54) is 0 Å². The molecule has 0 fully saturated rings. The van der Waals surface area contributed by atoms with Gasteiger partial charge in [-0.2, -0.15) is 0 Å². The Morgan fingerprint density at radius 3 is 2.57 bits per heavy atom. The molecule has 0 spiro atoms. The Balaban J connectivity index is 3.38. The van der Waals surface area contributed by atoms with Gasteiger partial charge in [-0.15, -0.1) is 0 Å². The molecule has 4 N–H and O–H groups in total. The van der Waals surface area contributed by atoms with Gasteiger partial charge in [0.1, 0.15) is 0 Å². The first kappa shape index (κ1) is 13.4. The largest absolute Gasteiger partial charge is 0.481 e. The highest BCUT2D eigenvalue weighted by atomic mass is 16.4. The van der Waals surface area contributed by atoms with Crippen molar-refractivity contribution in [2.24, 2.45) is 5.92 Å². The van der Waals surface area contributed by atoms with Crippen LogP contribution >= 0.6 is 0 Å². The van der Waals surface area contributed by atoms with Crippen LogP contribution < -0.4 is 5.32 Å². The standard InChI is InChI=1S/C9H19NO4/c1-7(2-3-11)5-10-6-8(12)4-9(13)14/h7-8,10-12H,2-6H2,1H3,(H,13,14). The molecule has 0 heterocycles. The lowest BCUT2D eigenvalue weighted by molar-refractivity contribution is -0.139. The lowest BCUT2D eigenvalue weighted by Gasteiger charge is -2.13. The average Bonchev–Trinajstić information content (AvgIpc) is 2.02. The van der Waals surface area contributed by atoms with Crippen molar-refractivity contribution in [3.8, 4) is 0 Å². The van der Waals surface area contributed by atoms with Crippen molar-refractivity contribution in [1.29, 1.82) is 0 Å². The quantitative estimate of drug-likeness (QED) is 0.426. The van der Waals surface area contributed by atoms with E-state index < -0.39 is 12.1 Å². The first-order valence-corrected chi connectivity index (χ1v) is 4.77. The van der Waals surface area contributed by atoms with Gasteiger partial charge >= 0.3 is 5.97 Å². The molecular weight excluding hydrogens is 186 g/mol. The van der Waals surface area contributed by atoms with Gasteiger partial charge in [-0.05, 0) is 18.9 Å². The third kappa shape index (κ3) is 7.97. The van der Waals surface area contributed by atoms with Crippen LogP contribution in [0.2, 0.25) is 0 Å². The highest BCUT2D eigenvalue weighted by Gasteiger charge is 2.09. The lowest BCUT2D eigenvalue weighted by Crippen LogP contribution is -2.31. The first-order chi connectivity index (χ1) is 6.56. The molecular formula is C9H19NO4. The maximum absolute atomic E-state index is 10.2. The predicted molar refractivity (Wildman–Crippen MR) is 52.0 cm³/mol. The monoisotopic (exact) mass is 205 g/mol. The second-order valence-electron chi connectivity index (χ2n) is 3.53. The molecule has 0 saturated heterocycles. The van der Waals surface area contributed by atoms with Crippen molar-refractivity contribution in [3.05, 3.63) is 0 Å². The molecule has 0 aromatic rings. The van der Waals surface area contributed by atoms with Gasteiger partial charge in [0.05, 0.1) is 12.5 Å². The summed E-state index contributed by atoms with van der Waals surface area (Å²) in [4.78, 5) is 10.2. The van der Waals surface area contributed by atoms with E-state index in [0.29, 0.717) is 18.9 Å². The molecule has 0 aromatic carbocycles. The Labute approximate surface area is 83.8 Å². The van der Waals surface area contributed by atoms with Crippen molar-refractivity contribution in [3.63, 3.8) is 0 Å². The van der Waals surface area contributed by atoms with Gasteiger partial charge in [0.2, 0.25) is 0 Å². The average molecular weight is 205 g/mol. The van der Waals surface area contributed by atoms with E-state index in [4.69, 9.17) is 15.3 Å². The van der Waals surface area contributed by atoms with E-state index in [1.807, 2.05) is 6.92 Å². The number of hydrogen-bond donors (Lipinski definition) is 4. The smallest absolute Gasteiger partial charge is 0.306 e. The molecule has 0 saturated carbocycles. The maximum Gasteiger partial charge on any atom is 0.306 e. The molecule has 0 bridgehead atoms. The Morgan fingerprint density at radius 1 is 1.43 bits per heavy atom. The zero-order valence-electron chi connectivity index (χ0n) is 8.44. The van der Waals surface area contributed by atoms with Gasteiger partial charge in [0.15, 0.2) is 0 Å². The van der Waals surface area contributed by atoms with Gasteiger partial charge < -0.3 is 20.6 Å². The van der Waals surface area contributed by atoms with Crippen molar-refractivity contribution in [1.82, 2.24) is 5.32 Å². The van der Waals surface area contributed by atoms with Crippen LogP contribution in [0.15, 0.2) is 0 Å². The molecule has 5 nitrogen and oxygen atoms in total. The van der Waals surface area contributed by atoms with Gasteiger partial charge in [-0.3, -0.25) is 4.79 Å². The summed E-state index contributed by atoms with van der Waals surface area (Å²) in [6.45, 7) is 3.09. The van der Waals surface area contributed by atoms with Crippen LogP contribution in [-0.2, 0) is 4.79 Å². The van der Waals surface area contributed by atoms with Crippen LogP contribution in [0.4, 0.5) is 0 Å². The highest BCUT2D eigenvalue weighted by Crippen LogP contribution is 1.98. The number of hydrogen-bond acceptors (Lipinski definition) is 4. The van der Waals surface area contributed by atoms with E-state index in [0.717, 1.165) is 0 Å². The summed E-state index contributed by atoms with van der Waals surface area (Å²) in [5.41, 5.74) is 0. The summed E-state index contributed by atoms with van der Waals surface area (Å²) in [7, 11) is 0. The summed E-state index contributed by atoms with van der Waals surface area (Å²) in [5, 5.41) is 29.1. The first-order valence-electron chi connectivity index (χ1n) is 4.77. The topological polar surface area (TPSA) is 89.8 Å². The van der Waals surface area contributed by atoms with Crippen LogP contribution in [0.5, 0.6) is 0 Å². The number of carboxylic acid groups (broad SMARTS) is 1. The van der Waals surface area contributed by atoms with E-state index in [-0.39, 0.29) is 19.6 Å². The molecule has 5 heteroatoms. The SMILES string of the molecule is CC(CCO)CNCC(O)CC(=O)O. The number of aliphatic hydroxyl groups excluding tert-OH is 2. The van der Waals surface area contributed by atoms with Gasteiger partial charge in [-0.1, -0.05) is 6.92 Å². The fourth-order valence-corrected chi connectivity index (χ4v) is 1.09. The van der Waals surface area contributed by atoms with Crippen LogP contribution in [-0.4, -0.2) is 47.1 Å². The number of nitrogens with one attached hydrogen (secondary N) is 1. The summed E-state index contributed by atoms with van der Waals surface area (Å²) >= 11 is 0. The van der Waals surface area contributed by atoms with E-state index in [1.54, 1.807) is 0 Å². The molecule has 14 heavy (non-hydrogen) atoms. The Hall–Kier alpha value is -0.650. The van der Waals surface area contributed by atoms with Crippen LogP contribution in [0.1, 0.15) is 19.8 Å². The molecule has 0 rings (SSSR count). The fourth-order valence-electron chi connectivity index (χ4n) is 1.09. The number of aliphatic hydroxyl groups is 2. The Bertz CT molecular complexity index is 163. The van der Waals surface area contributed by atoms with Gasteiger partial charge in [-0.25, -0.2) is 0 Å². The molecule has 84 valence electrons. The number of aliphatic carboxylic acids is 1. The predicted octanol–water partition coefficient (Wildman–Crippen LogP) is -0.570. The molecule has 0 aliphatic rings. The highest BCUT2D eigenvalue weighted by molar-refractivity contribution is 5.67. The van der Waals surface area contributed by atoms with Crippen LogP contribution in [0, 0.1) is 5.92 Å². The summed E-state index contributed by atoms with van der Waals surface area (Å²) in [6.07, 6.45) is -0.363. The molecule has 0 aliphatic carbocycles. The van der Waals surface area contributed by atoms with Gasteiger partial charge in [0, 0.05) is 13.2 Å². The molecule has 0 aromatic heterocycles. The maximum atomic E-state index is 10.2. The molecule has 2 atom stereocenters. The molecule has 0 amide bonds. The normalized spacial score (nSPS) is 15.1. The zero-order chi connectivity index (χ0) is 11.0. The van der Waals surface area contributed by atoms with E-state index in [2.05, 4.69) is 5.32 Å². The lowest BCUT2D eigenvalue weighted by atomic mass is 10.1. The molecule has 0 radical (unpaired) electrons. The number of rotatable bonds is 8. The van der Waals surface area contributed by atoms with Crippen molar-refractivity contribution in [2.45, 2.75) is 25.9 Å². The second-order valence-corrected chi connectivity index (χ2v) is 3.53. The van der Waals surface area contributed by atoms with Crippen molar-refractivity contribution in [2.75, 3.05) is 19.7 Å². The van der Waals surface area contributed by atoms with E-state index >= 15 is 0 Å². The third-order valence-electron chi connectivity index (χ3n) is 1.90. The number of carboxylic acids is 1. The summed E-state index contributed by atoms with van der Waals surface area (Å²) in [6, 6.07) is 0. The number of carbonyl (C=O) groups is 1. The van der Waals surface area contributed by atoms with Gasteiger partial charge in [0.25, 0.3) is 0 Å². The molecule has 2 unspecified atom stereocenters. The van der Waals surface area contributed by atoms with Crippen LogP contribution in [0.3, 0.4) is 0 Å². The Kier molecular flexibility index (Phi) is 7.37. The van der Waals surface area contributed by atoms with E-state index in [9.17, 15) is 4.79 Å². The fraction of sp³-hybridized carbons (Fsp3) is 0.889. The molecule has 0 aliphatic heterocycles. The minimum Gasteiger partial charge on any atom is -0.481 e. The third-order valence-corrected chi connectivity index (χ3v) is 1.90. The minimum absolute atomic E-state index is 0.153. The Morgan fingerprint density at radius 2 is 2.07 bits per heavy atom. The summed E-state index contributed by atoms with van der Waals surface area (Å²) in [5.74, 6) is -0.667. The summed E-state index contributed by atoms with van der Waals surface area (Å²) < 4.78 is 0. The van der Waals surface area contributed by atoms with Crippen molar-refractivity contribution < 1.29 is 20.1 Å². The zero-order valence-corrected chi connectivity index (χ0v) is 8.44. The minimum atomic E-state index is -0.997. The second kappa shape index (κ2) is 7.73. The van der Waals surface area contributed by atoms with Crippen LogP contribution in [0.25, 0.3) is 0 Å².